The van der Waals surface area contributed by atoms with Gasteiger partial charge < -0.3 is 15.2 Å². The van der Waals surface area contributed by atoms with E-state index >= 15 is 0 Å². The molecule has 1 heterocycles. The molecule has 174 valence electrons. The number of nitrogens with one attached hydrogen (secondary N) is 2. The summed E-state index contributed by atoms with van der Waals surface area (Å²) in [6.07, 6.45) is 0.725. The van der Waals surface area contributed by atoms with E-state index in [2.05, 4.69) is 27.8 Å². The van der Waals surface area contributed by atoms with Crippen LogP contribution in [0.3, 0.4) is 0 Å². The number of carboxylic acid groups (broad SMARTS) is 1. The maximum atomic E-state index is 12.4. The molecule has 8 heteroatoms. The Balaban J connectivity index is 1.34. The average molecular weight is 460 g/mol. The third-order valence-electron chi connectivity index (χ3n) is 5.86. The average Bonchev–Trinajstić information content (AvgIpc) is 3.15. The zero-order valence-corrected chi connectivity index (χ0v) is 18.9. The van der Waals surface area contributed by atoms with Crippen LogP contribution in [0.2, 0.25) is 0 Å². The Labute approximate surface area is 197 Å². The van der Waals surface area contributed by atoms with Crippen LogP contribution in [-0.2, 0) is 9.53 Å². The number of amides is 2. The predicted molar refractivity (Wildman–Crippen MR) is 127 cm³/mol. The molecule has 1 aliphatic carbocycles. The number of carbonyl (C=O) groups is 3. The molecular formula is C26H25N3O5. The van der Waals surface area contributed by atoms with Crippen LogP contribution in [0.1, 0.15) is 41.4 Å². The number of aromatic nitrogens is 1. The van der Waals surface area contributed by atoms with Crippen molar-refractivity contribution in [2.45, 2.75) is 19.8 Å². The van der Waals surface area contributed by atoms with Gasteiger partial charge in [-0.15, -0.1) is 0 Å². The van der Waals surface area contributed by atoms with Crippen LogP contribution in [0, 0.1) is 5.41 Å². The number of rotatable bonds is 7. The highest BCUT2D eigenvalue weighted by molar-refractivity contribution is 5.93. The number of nitrogens with zero attached hydrogens (tertiary/aromatic N) is 1. The number of pyridine rings is 1. The predicted octanol–water partition coefficient (Wildman–Crippen LogP) is 4.28. The number of hydrogen-bond donors (Lipinski definition) is 3. The van der Waals surface area contributed by atoms with Gasteiger partial charge in [0, 0.05) is 12.5 Å². The van der Waals surface area contributed by atoms with Gasteiger partial charge in [-0.3, -0.25) is 14.9 Å². The lowest BCUT2D eigenvalue weighted by molar-refractivity contribution is -0.146. The number of benzene rings is 2. The van der Waals surface area contributed by atoms with Crippen LogP contribution in [-0.4, -0.2) is 41.2 Å². The smallest absolute Gasteiger partial charge is 0.411 e. The summed E-state index contributed by atoms with van der Waals surface area (Å²) in [7, 11) is 0. The molecule has 1 aromatic heterocycles. The molecule has 0 saturated carbocycles. The largest absolute Gasteiger partial charge is 0.481 e. The Kier molecular flexibility index (Phi) is 6.32. The Morgan fingerprint density at radius 2 is 1.59 bits per heavy atom. The minimum Gasteiger partial charge on any atom is -0.481 e. The maximum Gasteiger partial charge on any atom is 0.411 e. The van der Waals surface area contributed by atoms with E-state index in [4.69, 9.17) is 9.84 Å². The van der Waals surface area contributed by atoms with Gasteiger partial charge in [0.1, 0.15) is 12.3 Å². The van der Waals surface area contributed by atoms with Crippen molar-refractivity contribution in [2.75, 3.05) is 18.5 Å². The number of hydrogen-bond acceptors (Lipinski definition) is 5. The van der Waals surface area contributed by atoms with Gasteiger partial charge in [-0.1, -0.05) is 48.5 Å². The summed E-state index contributed by atoms with van der Waals surface area (Å²) in [4.78, 5) is 39.8. The van der Waals surface area contributed by atoms with E-state index in [1.54, 1.807) is 0 Å². The minimum atomic E-state index is -1.10. The first-order valence-electron chi connectivity index (χ1n) is 10.9. The Morgan fingerprint density at radius 3 is 2.15 bits per heavy atom. The molecule has 2 amide bonds. The minimum absolute atomic E-state index is 0.0391. The molecule has 0 saturated heterocycles. The van der Waals surface area contributed by atoms with Gasteiger partial charge in [0.2, 0.25) is 0 Å². The van der Waals surface area contributed by atoms with E-state index < -0.39 is 23.4 Å². The van der Waals surface area contributed by atoms with Crippen molar-refractivity contribution >= 4 is 23.7 Å². The Hall–Kier alpha value is -4.20. The number of anilines is 1. The van der Waals surface area contributed by atoms with Crippen molar-refractivity contribution in [1.82, 2.24) is 10.3 Å². The molecule has 0 fully saturated rings. The van der Waals surface area contributed by atoms with Crippen molar-refractivity contribution in [1.29, 1.82) is 0 Å². The van der Waals surface area contributed by atoms with Gasteiger partial charge in [0.25, 0.3) is 5.91 Å². The standard InChI is InChI=1S/C26H25N3O5/c1-26(2,24(31)32)15-28-23(30)22-12-11-16(13-27-22)29-25(33)34-14-21-19-9-5-3-7-17(19)18-8-4-6-10-20(18)21/h3-13,21H,14-15H2,1-2H3,(H,28,30)(H,29,33)(H,31,32). The van der Waals surface area contributed by atoms with Gasteiger partial charge in [-0.25, -0.2) is 9.78 Å². The number of ether oxygens (including phenoxy) is 1. The van der Waals surface area contributed by atoms with Gasteiger partial charge in [-0.2, -0.15) is 0 Å². The summed E-state index contributed by atoms with van der Waals surface area (Å²) in [5.74, 6) is -1.55. The van der Waals surface area contributed by atoms with Gasteiger partial charge in [-0.05, 0) is 48.2 Å². The lowest BCUT2D eigenvalue weighted by atomic mass is 9.94. The van der Waals surface area contributed by atoms with Crippen LogP contribution in [0.25, 0.3) is 11.1 Å². The van der Waals surface area contributed by atoms with Crippen molar-refractivity contribution in [3.05, 3.63) is 83.7 Å². The molecular weight excluding hydrogens is 434 g/mol. The Morgan fingerprint density at radius 1 is 0.971 bits per heavy atom. The summed E-state index contributed by atoms with van der Waals surface area (Å²) in [5, 5.41) is 14.3. The summed E-state index contributed by atoms with van der Waals surface area (Å²) in [5.41, 5.74) is 3.94. The quantitative estimate of drug-likeness (QED) is 0.485. The van der Waals surface area contributed by atoms with Gasteiger partial charge in [0.15, 0.2) is 0 Å². The van der Waals surface area contributed by atoms with Crippen LogP contribution < -0.4 is 10.6 Å². The summed E-state index contributed by atoms with van der Waals surface area (Å²) < 4.78 is 5.51. The zero-order chi connectivity index (χ0) is 24.3. The van der Waals surface area contributed by atoms with Crippen LogP contribution in [0.15, 0.2) is 66.9 Å². The molecule has 0 aliphatic heterocycles. The maximum absolute atomic E-state index is 12.4. The van der Waals surface area contributed by atoms with Crippen LogP contribution in [0.4, 0.5) is 10.5 Å². The molecule has 1 aliphatic rings. The molecule has 0 spiro atoms. The first kappa shape index (κ1) is 23.0. The molecule has 3 aromatic rings. The van der Waals surface area contributed by atoms with E-state index in [-0.39, 0.29) is 24.8 Å². The molecule has 34 heavy (non-hydrogen) atoms. The monoisotopic (exact) mass is 459 g/mol. The summed E-state index contributed by atoms with van der Waals surface area (Å²) in [6, 6.07) is 19.2. The van der Waals surface area contributed by atoms with E-state index in [1.807, 2.05) is 36.4 Å². The van der Waals surface area contributed by atoms with Crippen molar-refractivity contribution in [2.24, 2.45) is 5.41 Å². The third-order valence-corrected chi connectivity index (χ3v) is 5.86. The summed E-state index contributed by atoms with van der Waals surface area (Å²) >= 11 is 0. The second kappa shape index (κ2) is 9.35. The molecule has 0 radical (unpaired) electrons. The highest BCUT2D eigenvalue weighted by atomic mass is 16.5. The molecule has 0 unspecified atom stereocenters. The molecule has 0 bridgehead atoms. The van der Waals surface area contributed by atoms with E-state index in [9.17, 15) is 14.4 Å². The molecule has 4 rings (SSSR count). The number of fused-ring (bicyclic) bond motifs is 3. The molecule has 8 nitrogen and oxygen atoms in total. The van der Waals surface area contributed by atoms with Gasteiger partial charge in [0.05, 0.1) is 17.3 Å². The summed E-state index contributed by atoms with van der Waals surface area (Å²) in [6.45, 7) is 3.19. The number of carboxylic acids is 1. The first-order valence-corrected chi connectivity index (χ1v) is 10.9. The van der Waals surface area contributed by atoms with Crippen molar-refractivity contribution in [3.8, 4) is 11.1 Å². The number of carbonyl (C=O) groups excluding carboxylic acids is 2. The van der Waals surface area contributed by atoms with Crippen molar-refractivity contribution < 1.29 is 24.2 Å². The van der Waals surface area contributed by atoms with Crippen LogP contribution >= 0.6 is 0 Å². The lowest BCUT2D eigenvalue weighted by Crippen LogP contribution is -2.39. The lowest BCUT2D eigenvalue weighted by Gasteiger charge is -2.19. The van der Waals surface area contributed by atoms with E-state index in [0.29, 0.717) is 5.69 Å². The van der Waals surface area contributed by atoms with E-state index in [1.165, 1.54) is 32.2 Å². The van der Waals surface area contributed by atoms with Crippen LogP contribution in [0.5, 0.6) is 0 Å². The fourth-order valence-corrected chi connectivity index (χ4v) is 3.82. The molecule has 3 N–H and O–H groups in total. The fraction of sp³-hybridized carbons (Fsp3) is 0.231. The van der Waals surface area contributed by atoms with Gasteiger partial charge >= 0.3 is 12.1 Å². The third kappa shape index (κ3) is 4.76. The van der Waals surface area contributed by atoms with E-state index in [0.717, 1.165) is 22.3 Å². The highest BCUT2D eigenvalue weighted by Gasteiger charge is 2.29. The second-order valence-corrected chi connectivity index (χ2v) is 8.75. The first-order chi connectivity index (χ1) is 16.3. The normalized spacial score (nSPS) is 12.4. The second-order valence-electron chi connectivity index (χ2n) is 8.75. The molecule has 0 atom stereocenters. The Bertz CT molecular complexity index is 1190. The zero-order valence-electron chi connectivity index (χ0n) is 18.9. The topological polar surface area (TPSA) is 118 Å². The fourth-order valence-electron chi connectivity index (χ4n) is 3.82. The molecule has 2 aromatic carbocycles. The SMILES string of the molecule is CC(C)(CNC(=O)c1ccc(NC(=O)OCC2c3ccccc3-c3ccccc32)cn1)C(=O)O. The highest BCUT2D eigenvalue weighted by Crippen LogP contribution is 2.44. The number of aliphatic carboxylic acids is 1. The van der Waals surface area contributed by atoms with Crippen molar-refractivity contribution in [3.63, 3.8) is 0 Å².